The lowest BCUT2D eigenvalue weighted by molar-refractivity contribution is 0.705. The van der Waals surface area contributed by atoms with E-state index in [0.29, 0.717) is 12.2 Å². The molecule has 0 aliphatic carbocycles. The zero-order valence-corrected chi connectivity index (χ0v) is 16.1. The van der Waals surface area contributed by atoms with Crippen LogP contribution in [0.2, 0.25) is 5.28 Å². The molecule has 0 N–H and O–H groups in total. The molecule has 28 heavy (non-hydrogen) atoms. The Morgan fingerprint density at radius 2 is 1.89 bits per heavy atom. The van der Waals surface area contributed by atoms with Crippen LogP contribution in [-0.4, -0.2) is 31.5 Å². The van der Waals surface area contributed by atoms with Gasteiger partial charge in [0.1, 0.15) is 5.82 Å². The number of hydrogen-bond acceptors (Lipinski definition) is 6. The van der Waals surface area contributed by atoms with E-state index >= 15 is 0 Å². The van der Waals surface area contributed by atoms with E-state index in [1.54, 1.807) is 6.20 Å². The molecular formula is C21H17ClN6. The maximum absolute atomic E-state index is 6.15. The Hall–Kier alpha value is -3.12. The second-order valence-electron chi connectivity index (χ2n) is 6.88. The van der Waals surface area contributed by atoms with E-state index in [-0.39, 0.29) is 5.28 Å². The van der Waals surface area contributed by atoms with Crippen LogP contribution >= 0.6 is 11.6 Å². The highest BCUT2D eigenvalue weighted by Crippen LogP contribution is 2.30. The van der Waals surface area contributed by atoms with E-state index in [1.807, 2.05) is 37.5 Å². The third-order valence-corrected chi connectivity index (χ3v) is 5.18. The Kier molecular flexibility index (Phi) is 4.13. The topological polar surface area (TPSA) is 67.7 Å². The molecule has 4 aromatic heterocycles. The number of pyridine rings is 3. The lowest BCUT2D eigenvalue weighted by Crippen LogP contribution is -2.32. The van der Waals surface area contributed by atoms with Crippen LogP contribution in [0.5, 0.6) is 0 Å². The van der Waals surface area contributed by atoms with Crippen LogP contribution < -0.4 is 4.90 Å². The van der Waals surface area contributed by atoms with Crippen molar-refractivity contribution in [3.8, 4) is 11.1 Å². The van der Waals surface area contributed by atoms with Crippen molar-refractivity contribution in [3.05, 3.63) is 71.2 Å². The predicted molar refractivity (Wildman–Crippen MR) is 109 cm³/mol. The highest BCUT2D eigenvalue weighted by Gasteiger charge is 2.22. The molecule has 0 spiro atoms. The fourth-order valence-corrected chi connectivity index (χ4v) is 3.73. The Morgan fingerprint density at radius 1 is 1.00 bits per heavy atom. The maximum atomic E-state index is 6.15. The molecule has 0 bridgehead atoms. The molecule has 0 radical (unpaired) electrons. The predicted octanol–water partition coefficient (Wildman–Crippen LogP) is 4.01. The minimum absolute atomic E-state index is 0.213. The molecule has 6 nitrogen and oxygen atoms in total. The first-order valence-corrected chi connectivity index (χ1v) is 9.49. The summed E-state index contributed by atoms with van der Waals surface area (Å²) >= 11 is 6.15. The minimum Gasteiger partial charge on any atom is -0.351 e. The number of anilines is 1. The van der Waals surface area contributed by atoms with E-state index in [1.165, 1.54) is 5.56 Å². The van der Waals surface area contributed by atoms with Crippen molar-refractivity contribution in [2.24, 2.45) is 0 Å². The van der Waals surface area contributed by atoms with Crippen LogP contribution in [0.4, 0.5) is 5.82 Å². The standard InChI is InChI=1S/C21H17ClN6/c1-13-4-5-14(10-24-13)15-9-16-12-28(8-6-18(16)25-11-15)20-17-3-2-7-23-19(17)26-21(22)27-20/h2-5,7,9-11H,6,8,12H2,1H3. The third-order valence-electron chi connectivity index (χ3n) is 5.01. The molecule has 0 fully saturated rings. The molecule has 0 atom stereocenters. The lowest BCUT2D eigenvalue weighted by Gasteiger charge is -2.30. The SMILES string of the molecule is Cc1ccc(-c2cnc3c(c2)CN(c2nc(Cl)nc4ncccc24)CC3)cn1. The molecule has 138 valence electrons. The van der Waals surface area contributed by atoms with Crippen molar-refractivity contribution in [2.75, 3.05) is 11.4 Å². The molecule has 1 aliphatic rings. The zero-order valence-electron chi connectivity index (χ0n) is 15.3. The minimum atomic E-state index is 0.213. The second kappa shape index (κ2) is 6.80. The second-order valence-corrected chi connectivity index (χ2v) is 7.22. The van der Waals surface area contributed by atoms with Gasteiger partial charge in [0, 0.05) is 60.6 Å². The van der Waals surface area contributed by atoms with Crippen molar-refractivity contribution in [2.45, 2.75) is 19.9 Å². The number of hydrogen-bond donors (Lipinski definition) is 0. The van der Waals surface area contributed by atoms with Crippen LogP contribution in [0.1, 0.15) is 17.0 Å². The van der Waals surface area contributed by atoms with Crippen molar-refractivity contribution in [1.29, 1.82) is 0 Å². The largest absolute Gasteiger partial charge is 0.351 e. The van der Waals surface area contributed by atoms with Gasteiger partial charge in [0.05, 0.1) is 5.39 Å². The number of halogens is 1. The molecule has 4 aromatic rings. The first-order chi connectivity index (χ1) is 13.7. The molecule has 0 aromatic carbocycles. The monoisotopic (exact) mass is 388 g/mol. The summed E-state index contributed by atoms with van der Waals surface area (Å²) < 4.78 is 0. The van der Waals surface area contributed by atoms with Crippen LogP contribution in [0.15, 0.2) is 48.9 Å². The normalized spacial score (nSPS) is 13.6. The summed E-state index contributed by atoms with van der Waals surface area (Å²) in [6.45, 7) is 3.52. The molecule has 7 heteroatoms. The highest BCUT2D eigenvalue weighted by atomic mass is 35.5. The van der Waals surface area contributed by atoms with Gasteiger partial charge in [-0.05, 0) is 48.4 Å². The Morgan fingerprint density at radius 3 is 2.75 bits per heavy atom. The zero-order chi connectivity index (χ0) is 19.1. The summed E-state index contributed by atoms with van der Waals surface area (Å²) in [6.07, 6.45) is 6.39. The van der Waals surface area contributed by atoms with Gasteiger partial charge in [-0.25, -0.2) is 4.98 Å². The quantitative estimate of drug-likeness (QED) is 0.483. The molecule has 5 heterocycles. The summed E-state index contributed by atoms with van der Waals surface area (Å²) in [5, 5.41) is 1.12. The van der Waals surface area contributed by atoms with Gasteiger partial charge in [-0.1, -0.05) is 6.07 Å². The van der Waals surface area contributed by atoms with Gasteiger partial charge in [0.2, 0.25) is 5.28 Å². The van der Waals surface area contributed by atoms with Gasteiger partial charge in [-0.15, -0.1) is 0 Å². The number of aromatic nitrogens is 5. The summed E-state index contributed by atoms with van der Waals surface area (Å²) in [4.78, 5) is 24.4. The van der Waals surface area contributed by atoms with Gasteiger partial charge in [0.15, 0.2) is 5.65 Å². The molecule has 1 aliphatic heterocycles. The molecule has 0 amide bonds. The van der Waals surface area contributed by atoms with Crippen LogP contribution in [0.3, 0.4) is 0 Å². The van der Waals surface area contributed by atoms with Gasteiger partial charge in [-0.2, -0.15) is 9.97 Å². The van der Waals surface area contributed by atoms with E-state index in [0.717, 1.165) is 46.7 Å². The summed E-state index contributed by atoms with van der Waals surface area (Å²) in [6, 6.07) is 10.2. The highest BCUT2D eigenvalue weighted by molar-refractivity contribution is 6.28. The Labute approximate surface area is 167 Å². The third kappa shape index (κ3) is 3.05. The van der Waals surface area contributed by atoms with Crippen molar-refractivity contribution in [3.63, 3.8) is 0 Å². The van der Waals surface area contributed by atoms with Gasteiger partial charge in [0.25, 0.3) is 0 Å². The molecule has 0 unspecified atom stereocenters. The van der Waals surface area contributed by atoms with Gasteiger partial charge < -0.3 is 4.90 Å². The molecule has 5 rings (SSSR count). The number of fused-ring (bicyclic) bond motifs is 2. The Balaban J connectivity index is 1.53. The van der Waals surface area contributed by atoms with Gasteiger partial charge in [-0.3, -0.25) is 9.97 Å². The summed E-state index contributed by atoms with van der Waals surface area (Å²) in [5.74, 6) is 0.816. The number of aryl methyl sites for hydroxylation is 1. The molecular weight excluding hydrogens is 372 g/mol. The average Bonchev–Trinajstić information content (AvgIpc) is 2.73. The van der Waals surface area contributed by atoms with Crippen molar-refractivity contribution < 1.29 is 0 Å². The van der Waals surface area contributed by atoms with E-state index in [2.05, 4.69) is 37.0 Å². The van der Waals surface area contributed by atoms with Crippen LogP contribution in [-0.2, 0) is 13.0 Å². The van der Waals surface area contributed by atoms with Crippen molar-refractivity contribution in [1.82, 2.24) is 24.9 Å². The summed E-state index contributed by atoms with van der Waals surface area (Å²) in [5.41, 5.74) is 6.07. The fourth-order valence-electron chi connectivity index (χ4n) is 3.57. The van der Waals surface area contributed by atoms with Gasteiger partial charge >= 0.3 is 0 Å². The van der Waals surface area contributed by atoms with Crippen molar-refractivity contribution >= 4 is 28.5 Å². The van der Waals surface area contributed by atoms with E-state index < -0.39 is 0 Å². The van der Waals surface area contributed by atoms with E-state index in [9.17, 15) is 0 Å². The van der Waals surface area contributed by atoms with Crippen LogP contribution in [0, 0.1) is 6.92 Å². The first kappa shape index (κ1) is 17.0. The maximum Gasteiger partial charge on any atom is 0.226 e. The van der Waals surface area contributed by atoms with Crippen LogP contribution in [0.25, 0.3) is 22.2 Å². The summed E-state index contributed by atoms with van der Waals surface area (Å²) in [7, 11) is 0. The van der Waals surface area contributed by atoms with E-state index in [4.69, 9.17) is 16.6 Å². The number of nitrogens with zero attached hydrogens (tertiary/aromatic N) is 6. The first-order valence-electron chi connectivity index (χ1n) is 9.11. The molecule has 0 saturated heterocycles. The molecule has 0 saturated carbocycles. The fraction of sp³-hybridized carbons (Fsp3) is 0.190. The Bertz CT molecular complexity index is 1180. The number of rotatable bonds is 2. The lowest BCUT2D eigenvalue weighted by atomic mass is 10.0. The average molecular weight is 389 g/mol. The smallest absolute Gasteiger partial charge is 0.226 e.